The lowest BCUT2D eigenvalue weighted by molar-refractivity contribution is 1.09. The van der Waals surface area contributed by atoms with Gasteiger partial charge in [-0.1, -0.05) is 0 Å². The van der Waals surface area contributed by atoms with Crippen molar-refractivity contribution < 1.29 is 0 Å². The highest BCUT2D eigenvalue weighted by Crippen LogP contribution is 2.13. The summed E-state index contributed by atoms with van der Waals surface area (Å²) in [6, 6.07) is 1.99. The second kappa shape index (κ2) is 4.19. The van der Waals surface area contributed by atoms with Gasteiger partial charge in [0, 0.05) is 17.8 Å². The van der Waals surface area contributed by atoms with Gasteiger partial charge in [0.1, 0.15) is 5.01 Å². The van der Waals surface area contributed by atoms with Gasteiger partial charge in [0.25, 0.3) is 0 Å². The summed E-state index contributed by atoms with van der Waals surface area (Å²) in [6.45, 7) is 2.83. The Bertz CT molecular complexity index is 398. The minimum absolute atomic E-state index is 0.768. The summed E-state index contributed by atoms with van der Waals surface area (Å²) >= 11 is 1.65. The van der Waals surface area contributed by atoms with Gasteiger partial charge >= 0.3 is 0 Å². The van der Waals surface area contributed by atoms with Crippen LogP contribution in [0.5, 0.6) is 0 Å². The molecule has 2 aromatic heterocycles. The van der Waals surface area contributed by atoms with Gasteiger partial charge in [0.05, 0.1) is 18.4 Å². The molecule has 0 bridgehead atoms. The van der Waals surface area contributed by atoms with E-state index in [4.69, 9.17) is 0 Å². The molecular weight excluding hydrogens is 194 g/mol. The monoisotopic (exact) mass is 205 g/mol. The molecule has 1 N–H and O–H groups in total. The molecule has 0 fully saturated rings. The maximum atomic E-state index is 4.20. The van der Waals surface area contributed by atoms with Gasteiger partial charge in [0.2, 0.25) is 0 Å². The van der Waals surface area contributed by atoms with E-state index in [2.05, 4.69) is 22.2 Å². The molecular formula is C10H11N3S. The number of anilines is 1. The summed E-state index contributed by atoms with van der Waals surface area (Å²) in [7, 11) is 0. The Labute approximate surface area is 86.8 Å². The molecule has 14 heavy (non-hydrogen) atoms. The third-order valence-corrected chi connectivity index (χ3v) is 2.73. The molecule has 0 aliphatic rings. The van der Waals surface area contributed by atoms with Gasteiger partial charge in [-0.05, 0) is 18.6 Å². The SMILES string of the molecule is Cc1ccncc1NCc1nccs1. The molecule has 2 rings (SSSR count). The normalized spacial score (nSPS) is 10.1. The first-order valence-corrected chi connectivity index (χ1v) is 5.27. The minimum Gasteiger partial charge on any atom is -0.377 e. The van der Waals surface area contributed by atoms with E-state index >= 15 is 0 Å². The predicted octanol–water partition coefficient (Wildman–Crippen LogP) is 2.46. The molecule has 2 heterocycles. The van der Waals surface area contributed by atoms with Gasteiger partial charge in [0.15, 0.2) is 0 Å². The van der Waals surface area contributed by atoms with Crippen molar-refractivity contribution in [1.82, 2.24) is 9.97 Å². The van der Waals surface area contributed by atoms with Crippen LogP contribution in [0.2, 0.25) is 0 Å². The van der Waals surface area contributed by atoms with Crippen LogP contribution in [0.25, 0.3) is 0 Å². The number of aromatic nitrogens is 2. The lowest BCUT2D eigenvalue weighted by Gasteiger charge is -2.06. The van der Waals surface area contributed by atoms with Crippen molar-refractivity contribution in [3.05, 3.63) is 40.6 Å². The number of hydrogen-bond donors (Lipinski definition) is 1. The molecule has 0 atom stereocenters. The van der Waals surface area contributed by atoms with E-state index in [1.807, 2.05) is 23.8 Å². The lowest BCUT2D eigenvalue weighted by Crippen LogP contribution is -2.00. The van der Waals surface area contributed by atoms with Gasteiger partial charge in [-0.2, -0.15) is 0 Å². The maximum absolute atomic E-state index is 4.20. The van der Waals surface area contributed by atoms with Gasteiger partial charge < -0.3 is 5.32 Å². The summed E-state index contributed by atoms with van der Waals surface area (Å²) in [5.74, 6) is 0. The molecule has 4 heteroatoms. The standard InChI is InChI=1S/C10H11N3S/c1-8-2-3-11-6-9(8)13-7-10-12-4-5-14-10/h2-6,13H,7H2,1H3. The second-order valence-electron chi connectivity index (χ2n) is 2.97. The predicted molar refractivity (Wildman–Crippen MR) is 58.4 cm³/mol. The number of nitrogens with one attached hydrogen (secondary N) is 1. The van der Waals surface area contributed by atoms with Crippen LogP contribution in [0.15, 0.2) is 30.0 Å². The van der Waals surface area contributed by atoms with Crippen LogP contribution >= 0.6 is 11.3 Å². The zero-order chi connectivity index (χ0) is 9.80. The topological polar surface area (TPSA) is 37.8 Å². The highest BCUT2D eigenvalue weighted by Gasteiger charge is 1.98. The Hall–Kier alpha value is -1.42. The molecule has 0 aliphatic carbocycles. The van der Waals surface area contributed by atoms with E-state index < -0.39 is 0 Å². The third kappa shape index (κ3) is 2.09. The molecule has 0 saturated carbocycles. The Morgan fingerprint density at radius 2 is 2.36 bits per heavy atom. The molecule has 0 unspecified atom stereocenters. The molecule has 3 nitrogen and oxygen atoms in total. The fourth-order valence-electron chi connectivity index (χ4n) is 1.16. The number of nitrogens with zero attached hydrogens (tertiary/aromatic N) is 2. The highest BCUT2D eigenvalue weighted by molar-refractivity contribution is 7.09. The maximum Gasteiger partial charge on any atom is 0.112 e. The van der Waals surface area contributed by atoms with E-state index in [9.17, 15) is 0 Å². The average molecular weight is 205 g/mol. The van der Waals surface area contributed by atoms with Crippen molar-refractivity contribution in [2.75, 3.05) is 5.32 Å². The van der Waals surface area contributed by atoms with E-state index in [0.29, 0.717) is 0 Å². The molecule has 0 amide bonds. The van der Waals surface area contributed by atoms with Crippen molar-refractivity contribution in [3.63, 3.8) is 0 Å². The number of thiazole rings is 1. The van der Waals surface area contributed by atoms with Crippen molar-refractivity contribution in [2.45, 2.75) is 13.5 Å². The van der Waals surface area contributed by atoms with Crippen molar-refractivity contribution in [3.8, 4) is 0 Å². The van der Waals surface area contributed by atoms with E-state index in [-0.39, 0.29) is 0 Å². The van der Waals surface area contributed by atoms with E-state index in [0.717, 1.165) is 17.2 Å². The zero-order valence-corrected chi connectivity index (χ0v) is 8.71. The highest BCUT2D eigenvalue weighted by atomic mass is 32.1. The van der Waals surface area contributed by atoms with Crippen LogP contribution in [0.1, 0.15) is 10.6 Å². The van der Waals surface area contributed by atoms with Gasteiger partial charge in [-0.25, -0.2) is 4.98 Å². The van der Waals surface area contributed by atoms with E-state index in [1.165, 1.54) is 5.56 Å². The van der Waals surface area contributed by atoms with Crippen LogP contribution in [-0.2, 0) is 6.54 Å². The largest absolute Gasteiger partial charge is 0.377 e. The second-order valence-corrected chi connectivity index (χ2v) is 3.95. The van der Waals surface area contributed by atoms with Crippen LogP contribution < -0.4 is 5.32 Å². The Morgan fingerprint density at radius 1 is 1.43 bits per heavy atom. The van der Waals surface area contributed by atoms with Crippen molar-refractivity contribution >= 4 is 17.0 Å². The quantitative estimate of drug-likeness (QED) is 0.836. The van der Waals surface area contributed by atoms with Crippen LogP contribution in [0.4, 0.5) is 5.69 Å². The van der Waals surface area contributed by atoms with Crippen LogP contribution in [0.3, 0.4) is 0 Å². The first-order valence-electron chi connectivity index (χ1n) is 4.39. The van der Waals surface area contributed by atoms with Crippen LogP contribution in [-0.4, -0.2) is 9.97 Å². The first kappa shape index (κ1) is 9.15. The van der Waals surface area contributed by atoms with E-state index in [1.54, 1.807) is 17.5 Å². The summed E-state index contributed by atoms with van der Waals surface area (Å²) in [5.41, 5.74) is 2.28. The zero-order valence-electron chi connectivity index (χ0n) is 7.90. The fourth-order valence-corrected chi connectivity index (χ4v) is 1.72. The smallest absolute Gasteiger partial charge is 0.112 e. The van der Waals surface area contributed by atoms with Crippen LogP contribution in [0, 0.1) is 6.92 Å². The summed E-state index contributed by atoms with van der Waals surface area (Å²) < 4.78 is 0. The number of pyridine rings is 1. The Balaban J connectivity index is 2.02. The fraction of sp³-hybridized carbons (Fsp3) is 0.200. The minimum atomic E-state index is 0.768. The number of hydrogen-bond acceptors (Lipinski definition) is 4. The molecule has 0 aliphatic heterocycles. The van der Waals surface area contributed by atoms with Gasteiger partial charge in [-0.15, -0.1) is 11.3 Å². The molecule has 0 spiro atoms. The summed E-state index contributed by atoms with van der Waals surface area (Å²) in [6.07, 6.45) is 5.45. The van der Waals surface area contributed by atoms with Crippen molar-refractivity contribution in [1.29, 1.82) is 0 Å². The number of aryl methyl sites for hydroxylation is 1. The Kier molecular flexibility index (Phi) is 2.74. The molecule has 72 valence electrons. The first-order chi connectivity index (χ1) is 6.86. The lowest BCUT2D eigenvalue weighted by atomic mass is 10.2. The molecule has 0 aromatic carbocycles. The molecule has 0 radical (unpaired) electrons. The average Bonchev–Trinajstić information content (AvgIpc) is 2.69. The van der Waals surface area contributed by atoms with Crippen molar-refractivity contribution in [2.24, 2.45) is 0 Å². The molecule has 0 saturated heterocycles. The number of rotatable bonds is 3. The van der Waals surface area contributed by atoms with Gasteiger partial charge in [-0.3, -0.25) is 4.98 Å². The molecule has 2 aromatic rings. The Morgan fingerprint density at radius 3 is 3.07 bits per heavy atom. The third-order valence-electron chi connectivity index (χ3n) is 1.95. The summed E-state index contributed by atoms with van der Waals surface area (Å²) in [4.78, 5) is 8.26. The summed E-state index contributed by atoms with van der Waals surface area (Å²) in [5, 5.41) is 6.37.